The lowest BCUT2D eigenvalue weighted by atomic mass is 10.1. The highest BCUT2D eigenvalue weighted by Gasteiger charge is 2.32. The molecule has 1 fully saturated rings. The SMILES string of the molecule is COc1nccc(OC2CCCN(S(=O)(=O)c3cccc(Cl)c3C)C2)n1. The van der Waals surface area contributed by atoms with Gasteiger partial charge in [-0.25, -0.2) is 13.4 Å². The fourth-order valence-electron chi connectivity index (χ4n) is 2.89. The van der Waals surface area contributed by atoms with E-state index in [0.29, 0.717) is 29.4 Å². The fraction of sp³-hybridized carbons (Fsp3) is 0.412. The average Bonchev–Trinajstić information content (AvgIpc) is 2.64. The Morgan fingerprint density at radius 1 is 1.31 bits per heavy atom. The van der Waals surface area contributed by atoms with E-state index in [-0.39, 0.29) is 23.6 Å². The molecule has 7 nitrogen and oxygen atoms in total. The Morgan fingerprint density at radius 2 is 2.12 bits per heavy atom. The molecular weight excluding hydrogens is 378 g/mol. The molecule has 1 saturated heterocycles. The van der Waals surface area contributed by atoms with E-state index in [1.165, 1.54) is 17.6 Å². The van der Waals surface area contributed by atoms with Gasteiger partial charge in [-0.1, -0.05) is 17.7 Å². The van der Waals surface area contributed by atoms with Crippen molar-refractivity contribution >= 4 is 21.6 Å². The van der Waals surface area contributed by atoms with Crippen LogP contribution in [0.15, 0.2) is 35.4 Å². The maximum atomic E-state index is 13.0. The van der Waals surface area contributed by atoms with Crippen LogP contribution in [0, 0.1) is 6.92 Å². The smallest absolute Gasteiger partial charge is 0.319 e. The third kappa shape index (κ3) is 3.92. The van der Waals surface area contributed by atoms with E-state index in [0.717, 1.165) is 6.42 Å². The van der Waals surface area contributed by atoms with E-state index in [9.17, 15) is 8.42 Å². The Labute approximate surface area is 158 Å². The van der Waals surface area contributed by atoms with E-state index >= 15 is 0 Å². The molecule has 1 aliphatic heterocycles. The van der Waals surface area contributed by atoms with Crippen LogP contribution in [0.2, 0.25) is 5.02 Å². The molecule has 2 heterocycles. The second kappa shape index (κ2) is 7.77. The van der Waals surface area contributed by atoms with Crippen molar-refractivity contribution in [2.24, 2.45) is 0 Å². The number of nitrogens with zero attached hydrogens (tertiary/aromatic N) is 3. The zero-order valence-corrected chi connectivity index (χ0v) is 16.1. The van der Waals surface area contributed by atoms with Gasteiger partial charge in [-0.15, -0.1) is 0 Å². The van der Waals surface area contributed by atoms with Gasteiger partial charge in [-0.05, 0) is 37.5 Å². The molecule has 3 rings (SSSR count). The molecule has 1 aromatic heterocycles. The fourth-order valence-corrected chi connectivity index (χ4v) is 4.87. The summed E-state index contributed by atoms with van der Waals surface area (Å²) in [6, 6.07) is 6.73. The van der Waals surface area contributed by atoms with Crippen molar-refractivity contribution in [1.82, 2.24) is 14.3 Å². The lowest BCUT2D eigenvalue weighted by Gasteiger charge is -2.32. The van der Waals surface area contributed by atoms with E-state index in [2.05, 4.69) is 9.97 Å². The first-order chi connectivity index (χ1) is 12.4. The van der Waals surface area contributed by atoms with Crippen LogP contribution in [-0.4, -0.2) is 49.0 Å². The van der Waals surface area contributed by atoms with Crippen LogP contribution in [-0.2, 0) is 10.0 Å². The monoisotopic (exact) mass is 397 g/mol. The predicted octanol–water partition coefficient (Wildman–Crippen LogP) is 2.68. The largest absolute Gasteiger partial charge is 0.473 e. The average molecular weight is 398 g/mol. The maximum absolute atomic E-state index is 13.0. The molecule has 0 saturated carbocycles. The summed E-state index contributed by atoms with van der Waals surface area (Å²) in [6.07, 6.45) is 2.68. The number of rotatable bonds is 5. The summed E-state index contributed by atoms with van der Waals surface area (Å²) in [5.74, 6) is 0.361. The molecular formula is C17H20ClN3O4S. The van der Waals surface area contributed by atoms with Crippen molar-refractivity contribution in [1.29, 1.82) is 0 Å². The molecule has 0 aliphatic carbocycles. The first-order valence-corrected chi connectivity index (χ1v) is 10.0. The van der Waals surface area contributed by atoms with Crippen LogP contribution in [0.1, 0.15) is 18.4 Å². The molecule has 140 valence electrons. The number of sulfonamides is 1. The van der Waals surface area contributed by atoms with Gasteiger partial charge in [0.25, 0.3) is 0 Å². The van der Waals surface area contributed by atoms with E-state index in [1.807, 2.05) is 0 Å². The Hall–Kier alpha value is -1.90. The quantitative estimate of drug-likeness (QED) is 0.771. The lowest BCUT2D eigenvalue weighted by Crippen LogP contribution is -2.44. The van der Waals surface area contributed by atoms with Gasteiger partial charge >= 0.3 is 6.01 Å². The Morgan fingerprint density at radius 3 is 2.88 bits per heavy atom. The number of benzene rings is 1. The van der Waals surface area contributed by atoms with Gasteiger partial charge in [-0.3, -0.25) is 0 Å². The molecule has 9 heteroatoms. The highest BCUT2D eigenvalue weighted by Crippen LogP contribution is 2.28. The van der Waals surface area contributed by atoms with Crippen molar-refractivity contribution in [2.75, 3.05) is 20.2 Å². The molecule has 2 aromatic rings. The van der Waals surface area contributed by atoms with E-state index in [1.54, 1.807) is 31.2 Å². The number of ether oxygens (including phenoxy) is 2. The van der Waals surface area contributed by atoms with Crippen LogP contribution in [0.3, 0.4) is 0 Å². The lowest BCUT2D eigenvalue weighted by molar-refractivity contribution is 0.123. The normalized spacial score (nSPS) is 18.5. The van der Waals surface area contributed by atoms with Crippen LogP contribution in [0.4, 0.5) is 0 Å². The second-order valence-corrected chi connectivity index (χ2v) is 8.30. The Bertz CT molecular complexity index is 891. The highest BCUT2D eigenvalue weighted by molar-refractivity contribution is 7.89. The van der Waals surface area contributed by atoms with E-state index in [4.69, 9.17) is 21.1 Å². The van der Waals surface area contributed by atoms with Crippen molar-refractivity contribution in [3.63, 3.8) is 0 Å². The first kappa shape index (κ1) is 18.9. The molecule has 0 spiro atoms. The van der Waals surface area contributed by atoms with Gasteiger partial charge in [0.05, 0.1) is 18.6 Å². The zero-order chi connectivity index (χ0) is 18.7. The molecule has 1 aliphatic rings. The third-order valence-electron chi connectivity index (χ3n) is 4.25. The molecule has 0 bridgehead atoms. The number of hydrogen-bond acceptors (Lipinski definition) is 6. The molecule has 0 radical (unpaired) electrons. The summed E-state index contributed by atoms with van der Waals surface area (Å²) in [4.78, 5) is 8.28. The van der Waals surface area contributed by atoms with Gasteiger partial charge in [-0.2, -0.15) is 9.29 Å². The topological polar surface area (TPSA) is 81.6 Å². The Kier molecular flexibility index (Phi) is 5.64. The first-order valence-electron chi connectivity index (χ1n) is 8.21. The molecule has 26 heavy (non-hydrogen) atoms. The van der Waals surface area contributed by atoms with Crippen molar-refractivity contribution in [3.8, 4) is 11.9 Å². The van der Waals surface area contributed by atoms with Gasteiger partial charge in [0.2, 0.25) is 15.9 Å². The van der Waals surface area contributed by atoms with Crippen LogP contribution in [0.5, 0.6) is 11.9 Å². The molecule has 1 atom stereocenters. The summed E-state index contributed by atoms with van der Waals surface area (Å²) in [5, 5.41) is 0.434. The van der Waals surface area contributed by atoms with E-state index < -0.39 is 10.0 Å². The van der Waals surface area contributed by atoms with Crippen molar-refractivity contribution in [3.05, 3.63) is 41.0 Å². The minimum atomic E-state index is -3.64. The van der Waals surface area contributed by atoms with Gasteiger partial charge in [0.15, 0.2) is 0 Å². The number of piperidine rings is 1. The maximum Gasteiger partial charge on any atom is 0.319 e. The van der Waals surface area contributed by atoms with Gasteiger partial charge < -0.3 is 9.47 Å². The number of methoxy groups -OCH3 is 1. The summed E-state index contributed by atoms with van der Waals surface area (Å²) in [5.41, 5.74) is 0.553. The standard InChI is InChI=1S/C17H20ClN3O4S/c1-12-14(18)6-3-7-15(12)26(22,23)21-10-4-5-13(11-21)25-16-8-9-19-17(20-16)24-2/h3,6-9,13H,4-5,10-11H2,1-2H3. The summed E-state index contributed by atoms with van der Waals surface area (Å²) in [7, 11) is -2.17. The molecule has 1 aromatic carbocycles. The molecule has 1 unspecified atom stereocenters. The predicted molar refractivity (Wildman–Crippen MR) is 97.2 cm³/mol. The van der Waals surface area contributed by atoms with Gasteiger partial charge in [0.1, 0.15) is 6.10 Å². The zero-order valence-electron chi connectivity index (χ0n) is 14.6. The summed E-state index contributed by atoms with van der Waals surface area (Å²) in [6.45, 7) is 2.40. The highest BCUT2D eigenvalue weighted by atomic mass is 35.5. The van der Waals surface area contributed by atoms with Gasteiger partial charge in [0, 0.05) is 23.8 Å². The van der Waals surface area contributed by atoms with Crippen LogP contribution >= 0.6 is 11.6 Å². The third-order valence-corrected chi connectivity index (χ3v) is 6.67. The summed E-state index contributed by atoms with van der Waals surface area (Å²) < 4.78 is 38.3. The minimum Gasteiger partial charge on any atom is -0.473 e. The van der Waals surface area contributed by atoms with Crippen molar-refractivity contribution in [2.45, 2.75) is 30.8 Å². The number of halogens is 1. The second-order valence-electron chi connectivity index (χ2n) is 5.99. The Balaban J connectivity index is 1.78. The molecule has 0 N–H and O–H groups in total. The number of hydrogen-bond donors (Lipinski definition) is 0. The van der Waals surface area contributed by atoms with Crippen molar-refractivity contribution < 1.29 is 17.9 Å². The van der Waals surface area contributed by atoms with Crippen LogP contribution < -0.4 is 9.47 Å². The molecule has 0 amide bonds. The van der Waals surface area contributed by atoms with Crippen LogP contribution in [0.25, 0.3) is 0 Å². The summed E-state index contributed by atoms with van der Waals surface area (Å²) >= 11 is 6.09. The minimum absolute atomic E-state index is 0.206. The number of aromatic nitrogens is 2.